The second kappa shape index (κ2) is 4.34. The lowest BCUT2D eigenvalue weighted by atomic mass is 10.0. The van der Waals surface area contributed by atoms with E-state index in [1.807, 2.05) is 0 Å². The lowest BCUT2D eigenvalue weighted by molar-refractivity contribution is -0.142. The van der Waals surface area contributed by atoms with Crippen molar-refractivity contribution in [3.63, 3.8) is 0 Å². The van der Waals surface area contributed by atoms with Gasteiger partial charge in [0.2, 0.25) is 0 Å². The van der Waals surface area contributed by atoms with E-state index in [0.717, 1.165) is 12.3 Å². The molecule has 7 heteroatoms. The largest absolute Gasteiger partial charge is 0.480 e. The highest BCUT2D eigenvalue weighted by atomic mass is 19.1. The number of halogens is 1. The average molecular weight is 253 g/mol. The van der Waals surface area contributed by atoms with Gasteiger partial charge in [-0.1, -0.05) is 0 Å². The van der Waals surface area contributed by atoms with Gasteiger partial charge in [-0.15, -0.1) is 0 Å². The summed E-state index contributed by atoms with van der Waals surface area (Å²) in [5, 5.41) is 8.95. The van der Waals surface area contributed by atoms with Gasteiger partial charge in [0.05, 0.1) is 6.20 Å². The third-order valence-corrected chi connectivity index (χ3v) is 2.96. The van der Waals surface area contributed by atoms with Crippen molar-refractivity contribution in [2.24, 2.45) is 5.73 Å². The van der Waals surface area contributed by atoms with E-state index in [-0.39, 0.29) is 25.2 Å². The number of carbonyl (C=O) groups is 2. The van der Waals surface area contributed by atoms with Crippen molar-refractivity contribution in [2.75, 3.05) is 13.1 Å². The van der Waals surface area contributed by atoms with Gasteiger partial charge >= 0.3 is 5.97 Å². The Hall–Kier alpha value is -2.02. The van der Waals surface area contributed by atoms with E-state index < -0.39 is 23.2 Å². The number of likely N-dealkylation sites (tertiary alicyclic amines) is 1. The summed E-state index contributed by atoms with van der Waals surface area (Å²) < 4.78 is 12.7. The normalized spacial score (nSPS) is 23.1. The van der Waals surface area contributed by atoms with E-state index in [1.165, 1.54) is 11.0 Å². The number of carbonyl (C=O) groups excluding carboxylic acids is 1. The van der Waals surface area contributed by atoms with Crippen LogP contribution in [0.4, 0.5) is 4.39 Å². The quantitative estimate of drug-likeness (QED) is 0.764. The zero-order valence-corrected chi connectivity index (χ0v) is 9.47. The van der Waals surface area contributed by atoms with Crippen LogP contribution in [0.25, 0.3) is 0 Å². The molecule has 3 N–H and O–H groups in total. The number of hydrogen-bond donors (Lipinski definition) is 2. The predicted octanol–water partition coefficient (Wildman–Crippen LogP) is -0.151. The van der Waals surface area contributed by atoms with Crippen LogP contribution < -0.4 is 5.73 Å². The minimum Gasteiger partial charge on any atom is -0.480 e. The van der Waals surface area contributed by atoms with Crippen molar-refractivity contribution in [1.29, 1.82) is 0 Å². The van der Waals surface area contributed by atoms with E-state index >= 15 is 0 Å². The summed E-state index contributed by atoms with van der Waals surface area (Å²) in [5.74, 6) is -2.11. The monoisotopic (exact) mass is 253 g/mol. The van der Waals surface area contributed by atoms with Gasteiger partial charge < -0.3 is 15.7 Å². The molecular formula is C11H12FN3O3. The number of carboxylic acid groups (broad SMARTS) is 1. The second-order valence-corrected chi connectivity index (χ2v) is 4.30. The van der Waals surface area contributed by atoms with Crippen molar-refractivity contribution < 1.29 is 19.1 Å². The maximum atomic E-state index is 12.7. The minimum absolute atomic E-state index is 0.0692. The second-order valence-electron chi connectivity index (χ2n) is 4.30. The number of aromatic nitrogens is 1. The van der Waals surface area contributed by atoms with Crippen LogP contribution in [-0.4, -0.2) is 45.5 Å². The number of aliphatic carboxylic acids is 1. The SMILES string of the molecule is NC1(C(=O)O)CCN(C(=O)c2ccc(F)cn2)C1. The number of hydrogen-bond acceptors (Lipinski definition) is 4. The van der Waals surface area contributed by atoms with Gasteiger partial charge in [0.25, 0.3) is 5.91 Å². The van der Waals surface area contributed by atoms with Crippen molar-refractivity contribution in [1.82, 2.24) is 9.88 Å². The third-order valence-electron chi connectivity index (χ3n) is 2.96. The Labute approximate surface area is 102 Å². The van der Waals surface area contributed by atoms with Crippen molar-refractivity contribution in [3.8, 4) is 0 Å². The molecule has 0 aliphatic carbocycles. The number of amides is 1. The zero-order chi connectivity index (χ0) is 13.3. The molecule has 2 rings (SSSR count). The zero-order valence-electron chi connectivity index (χ0n) is 9.47. The standard InChI is InChI=1S/C11H12FN3O3/c12-7-1-2-8(14-5-7)9(16)15-4-3-11(13,6-15)10(17)18/h1-2,5H,3-4,6,13H2,(H,17,18). The number of carboxylic acids is 1. The molecule has 0 aromatic carbocycles. The summed E-state index contributed by atoms with van der Waals surface area (Å²) in [5.41, 5.74) is 4.33. The molecule has 18 heavy (non-hydrogen) atoms. The number of rotatable bonds is 2. The van der Waals surface area contributed by atoms with Gasteiger partial charge in [-0.3, -0.25) is 9.59 Å². The Bertz CT molecular complexity index is 491. The van der Waals surface area contributed by atoms with Crippen LogP contribution in [-0.2, 0) is 4.79 Å². The average Bonchev–Trinajstić information content (AvgIpc) is 2.73. The molecule has 2 heterocycles. The molecule has 96 valence electrons. The van der Waals surface area contributed by atoms with Gasteiger partial charge in [-0.2, -0.15) is 0 Å². The Morgan fingerprint density at radius 1 is 1.50 bits per heavy atom. The molecule has 1 amide bonds. The Morgan fingerprint density at radius 3 is 2.72 bits per heavy atom. The number of nitrogens with two attached hydrogens (primary N) is 1. The van der Waals surface area contributed by atoms with Gasteiger partial charge in [0.1, 0.15) is 17.1 Å². The molecule has 0 saturated carbocycles. The molecular weight excluding hydrogens is 241 g/mol. The van der Waals surface area contributed by atoms with Gasteiger partial charge in [0.15, 0.2) is 0 Å². The molecule has 1 aliphatic rings. The summed E-state index contributed by atoms with van der Waals surface area (Å²) >= 11 is 0. The molecule has 0 spiro atoms. The fourth-order valence-corrected chi connectivity index (χ4v) is 1.85. The number of pyridine rings is 1. The fourth-order valence-electron chi connectivity index (χ4n) is 1.85. The third kappa shape index (κ3) is 2.17. The maximum absolute atomic E-state index is 12.7. The summed E-state index contributed by atoms with van der Waals surface area (Å²) in [4.78, 5) is 27.9. The molecule has 1 fully saturated rings. The summed E-state index contributed by atoms with van der Waals surface area (Å²) in [6, 6.07) is 2.39. The molecule has 1 saturated heterocycles. The Morgan fingerprint density at radius 2 is 2.22 bits per heavy atom. The first-order valence-electron chi connectivity index (χ1n) is 5.35. The first-order valence-corrected chi connectivity index (χ1v) is 5.35. The highest BCUT2D eigenvalue weighted by molar-refractivity contribution is 5.93. The molecule has 1 aliphatic heterocycles. The van der Waals surface area contributed by atoms with Crippen molar-refractivity contribution in [3.05, 3.63) is 29.8 Å². The van der Waals surface area contributed by atoms with Crippen LogP contribution in [0.3, 0.4) is 0 Å². The first-order chi connectivity index (χ1) is 8.42. The van der Waals surface area contributed by atoms with Gasteiger partial charge in [0, 0.05) is 13.1 Å². The van der Waals surface area contributed by atoms with Crippen LogP contribution >= 0.6 is 0 Å². The van der Waals surface area contributed by atoms with Crippen LogP contribution in [0.15, 0.2) is 18.3 Å². The predicted molar refractivity (Wildman–Crippen MR) is 59.3 cm³/mol. The molecule has 1 atom stereocenters. The van der Waals surface area contributed by atoms with Gasteiger partial charge in [-0.25, -0.2) is 9.37 Å². The van der Waals surface area contributed by atoms with E-state index in [4.69, 9.17) is 10.8 Å². The summed E-state index contributed by atoms with van der Waals surface area (Å²) in [6.07, 6.45) is 1.13. The van der Waals surface area contributed by atoms with Crippen molar-refractivity contribution >= 4 is 11.9 Å². The first kappa shape index (κ1) is 12.4. The van der Waals surface area contributed by atoms with E-state index in [2.05, 4.69) is 4.98 Å². The highest BCUT2D eigenvalue weighted by Crippen LogP contribution is 2.20. The lowest BCUT2D eigenvalue weighted by Crippen LogP contribution is -2.50. The highest BCUT2D eigenvalue weighted by Gasteiger charge is 2.43. The van der Waals surface area contributed by atoms with E-state index in [9.17, 15) is 14.0 Å². The molecule has 1 aromatic heterocycles. The minimum atomic E-state index is -1.41. The molecule has 6 nitrogen and oxygen atoms in total. The van der Waals surface area contributed by atoms with Crippen LogP contribution in [0, 0.1) is 5.82 Å². The molecule has 1 aromatic rings. The molecule has 0 bridgehead atoms. The summed E-state index contributed by atoms with van der Waals surface area (Å²) in [6.45, 7) is 0.181. The van der Waals surface area contributed by atoms with Crippen LogP contribution in [0.1, 0.15) is 16.9 Å². The van der Waals surface area contributed by atoms with Crippen molar-refractivity contribution in [2.45, 2.75) is 12.0 Å². The molecule has 1 unspecified atom stereocenters. The van der Waals surface area contributed by atoms with E-state index in [1.54, 1.807) is 0 Å². The lowest BCUT2D eigenvalue weighted by Gasteiger charge is -2.19. The fraction of sp³-hybridized carbons (Fsp3) is 0.364. The topological polar surface area (TPSA) is 96.5 Å². The summed E-state index contributed by atoms with van der Waals surface area (Å²) in [7, 11) is 0. The van der Waals surface area contributed by atoms with E-state index in [0.29, 0.717) is 0 Å². The molecule has 0 radical (unpaired) electrons. The Balaban J connectivity index is 2.12. The Kier molecular flexibility index (Phi) is 3.00. The van der Waals surface area contributed by atoms with Gasteiger partial charge in [-0.05, 0) is 18.6 Å². The smallest absolute Gasteiger partial charge is 0.325 e. The maximum Gasteiger partial charge on any atom is 0.325 e. The van der Waals surface area contributed by atoms with Crippen LogP contribution in [0.2, 0.25) is 0 Å². The number of nitrogens with zero attached hydrogens (tertiary/aromatic N) is 2. The van der Waals surface area contributed by atoms with Crippen LogP contribution in [0.5, 0.6) is 0 Å².